The minimum absolute atomic E-state index is 0.116. The van der Waals surface area contributed by atoms with Crippen molar-refractivity contribution in [1.29, 1.82) is 0 Å². The van der Waals surface area contributed by atoms with Gasteiger partial charge in [-0.15, -0.1) is 0 Å². The fraction of sp³-hybridized carbons (Fsp3) is 0.364. The fourth-order valence-electron chi connectivity index (χ4n) is 2.60. The van der Waals surface area contributed by atoms with Gasteiger partial charge in [-0.25, -0.2) is 10.2 Å². The Hall–Kier alpha value is -2.93. The van der Waals surface area contributed by atoms with E-state index in [1.54, 1.807) is 12.1 Å². The monoisotopic (exact) mass is 433 g/mol. The van der Waals surface area contributed by atoms with Crippen molar-refractivity contribution in [2.24, 2.45) is 10.8 Å². The molecule has 0 aromatic heterocycles. The van der Waals surface area contributed by atoms with E-state index in [0.29, 0.717) is 41.7 Å². The van der Waals surface area contributed by atoms with Crippen LogP contribution < -0.4 is 25.4 Å². The Balaban J connectivity index is 1.86. The van der Waals surface area contributed by atoms with E-state index in [-0.39, 0.29) is 5.41 Å². The number of benzene rings is 2. The van der Waals surface area contributed by atoms with E-state index in [1.165, 1.54) is 18.9 Å². The number of rotatable bonds is 9. The molecule has 30 heavy (non-hydrogen) atoms. The van der Waals surface area contributed by atoms with Crippen LogP contribution in [0.1, 0.15) is 38.3 Å². The highest BCUT2D eigenvalue weighted by Crippen LogP contribution is 2.36. The molecule has 0 aliphatic heterocycles. The van der Waals surface area contributed by atoms with Crippen molar-refractivity contribution < 1.29 is 19.0 Å². The van der Waals surface area contributed by atoms with Crippen LogP contribution in [0.15, 0.2) is 41.5 Å². The number of methoxy groups -OCH3 is 1. The fourth-order valence-corrected chi connectivity index (χ4v) is 2.87. The first kappa shape index (κ1) is 23.3. The SMILES string of the molecule is COc1cc(/C=N/NC(N)=O)cc(Cl)c1OCCCOc1ccc(C(C)(C)C)cc1. The van der Waals surface area contributed by atoms with Gasteiger partial charge >= 0.3 is 6.03 Å². The van der Waals surface area contributed by atoms with Gasteiger partial charge in [0.1, 0.15) is 5.75 Å². The standard InChI is InChI=1S/C22H28ClN3O4/c1-22(2,3)16-6-8-17(9-7-16)29-10-5-11-30-20-18(23)12-15(13-19(20)28-4)14-25-26-21(24)27/h6-9,12-14H,5,10-11H2,1-4H3,(H3,24,26,27)/b25-14+. The molecule has 3 N–H and O–H groups in total. The van der Waals surface area contributed by atoms with Gasteiger partial charge in [-0.05, 0) is 40.8 Å². The number of nitrogens with two attached hydrogens (primary N) is 1. The van der Waals surface area contributed by atoms with Gasteiger partial charge in [0.05, 0.1) is 31.6 Å². The molecule has 0 saturated heterocycles. The number of hydrogen-bond donors (Lipinski definition) is 2. The molecule has 0 atom stereocenters. The lowest BCUT2D eigenvalue weighted by molar-refractivity contribution is 0.240. The van der Waals surface area contributed by atoms with Crippen LogP contribution in [0, 0.1) is 0 Å². The zero-order valence-corrected chi connectivity index (χ0v) is 18.5. The molecule has 162 valence electrons. The molecule has 0 aliphatic rings. The van der Waals surface area contributed by atoms with E-state index in [0.717, 1.165) is 5.75 Å². The first-order valence-corrected chi connectivity index (χ1v) is 9.90. The van der Waals surface area contributed by atoms with Crippen LogP contribution in [0.5, 0.6) is 17.2 Å². The van der Waals surface area contributed by atoms with Crippen LogP contribution in [-0.4, -0.2) is 32.6 Å². The zero-order chi connectivity index (χ0) is 22.1. The molecule has 8 heteroatoms. The molecule has 2 aromatic carbocycles. The summed E-state index contributed by atoms with van der Waals surface area (Å²) < 4.78 is 16.9. The summed E-state index contributed by atoms with van der Waals surface area (Å²) in [5, 5.41) is 4.07. The molecular weight excluding hydrogens is 406 g/mol. The van der Waals surface area contributed by atoms with Crippen molar-refractivity contribution in [3.05, 3.63) is 52.5 Å². The molecule has 0 spiro atoms. The second-order valence-electron chi connectivity index (χ2n) is 7.59. The molecule has 2 aromatic rings. The van der Waals surface area contributed by atoms with Crippen molar-refractivity contribution in [3.8, 4) is 17.2 Å². The van der Waals surface area contributed by atoms with Crippen molar-refractivity contribution in [2.75, 3.05) is 20.3 Å². The van der Waals surface area contributed by atoms with Gasteiger partial charge in [0, 0.05) is 6.42 Å². The van der Waals surface area contributed by atoms with Crippen LogP contribution in [0.3, 0.4) is 0 Å². The predicted octanol–water partition coefficient (Wildman–Crippen LogP) is 4.50. The number of carbonyl (C=O) groups excluding carboxylic acids is 1. The number of halogens is 1. The third kappa shape index (κ3) is 7.15. The molecule has 0 radical (unpaired) electrons. The Morgan fingerprint density at radius 2 is 1.83 bits per heavy atom. The van der Waals surface area contributed by atoms with Crippen LogP contribution in [0.4, 0.5) is 4.79 Å². The highest BCUT2D eigenvalue weighted by Gasteiger charge is 2.13. The number of ether oxygens (including phenoxy) is 3. The predicted molar refractivity (Wildman–Crippen MR) is 119 cm³/mol. The molecule has 0 aliphatic carbocycles. The summed E-state index contributed by atoms with van der Waals surface area (Å²) in [6.45, 7) is 7.45. The van der Waals surface area contributed by atoms with Crippen molar-refractivity contribution >= 4 is 23.8 Å². The summed E-state index contributed by atoms with van der Waals surface area (Å²) in [5.41, 5.74) is 9.08. The maximum absolute atomic E-state index is 10.7. The highest BCUT2D eigenvalue weighted by atomic mass is 35.5. The van der Waals surface area contributed by atoms with Gasteiger partial charge in [-0.3, -0.25) is 0 Å². The Morgan fingerprint density at radius 1 is 1.17 bits per heavy atom. The normalized spacial score (nSPS) is 11.4. The average molecular weight is 434 g/mol. The quantitative estimate of drug-likeness (QED) is 0.346. The Morgan fingerprint density at radius 3 is 2.43 bits per heavy atom. The number of nitrogens with zero attached hydrogens (tertiary/aromatic N) is 1. The Kier molecular flexibility index (Phi) is 8.35. The highest BCUT2D eigenvalue weighted by molar-refractivity contribution is 6.32. The van der Waals surface area contributed by atoms with Crippen molar-refractivity contribution in [2.45, 2.75) is 32.6 Å². The van der Waals surface area contributed by atoms with Crippen LogP contribution in [-0.2, 0) is 5.41 Å². The molecule has 0 unspecified atom stereocenters. The van der Waals surface area contributed by atoms with Crippen LogP contribution >= 0.6 is 11.6 Å². The maximum Gasteiger partial charge on any atom is 0.332 e. The van der Waals surface area contributed by atoms with E-state index in [4.69, 9.17) is 31.5 Å². The van der Waals surface area contributed by atoms with E-state index in [9.17, 15) is 4.79 Å². The Bertz CT molecular complexity index is 877. The van der Waals surface area contributed by atoms with Gasteiger partial charge < -0.3 is 19.9 Å². The van der Waals surface area contributed by atoms with Crippen molar-refractivity contribution in [1.82, 2.24) is 5.43 Å². The second kappa shape index (κ2) is 10.7. The van der Waals surface area contributed by atoms with Gasteiger partial charge in [0.15, 0.2) is 11.5 Å². The summed E-state index contributed by atoms with van der Waals surface area (Å²) in [4.78, 5) is 10.7. The lowest BCUT2D eigenvalue weighted by Gasteiger charge is -2.19. The topological polar surface area (TPSA) is 95.2 Å². The zero-order valence-electron chi connectivity index (χ0n) is 17.7. The summed E-state index contributed by atoms with van der Waals surface area (Å²) in [6.07, 6.45) is 2.08. The first-order chi connectivity index (χ1) is 14.2. The molecule has 2 rings (SSSR count). The smallest absolute Gasteiger partial charge is 0.332 e. The number of nitrogens with one attached hydrogen (secondary N) is 1. The maximum atomic E-state index is 10.7. The number of carbonyl (C=O) groups is 1. The molecular formula is C22H28ClN3O4. The lowest BCUT2D eigenvalue weighted by atomic mass is 9.87. The number of hydrogen-bond acceptors (Lipinski definition) is 5. The molecule has 2 amide bonds. The molecule has 7 nitrogen and oxygen atoms in total. The van der Waals surface area contributed by atoms with E-state index >= 15 is 0 Å². The molecule has 0 fully saturated rings. The minimum atomic E-state index is -0.753. The van der Waals surface area contributed by atoms with E-state index in [1.807, 2.05) is 12.1 Å². The van der Waals surface area contributed by atoms with Gasteiger partial charge in [0.25, 0.3) is 0 Å². The Labute approximate surface area is 182 Å². The summed E-state index contributed by atoms with van der Waals surface area (Å²) in [5.74, 6) is 1.72. The third-order valence-electron chi connectivity index (χ3n) is 4.16. The largest absolute Gasteiger partial charge is 0.493 e. The van der Waals surface area contributed by atoms with Gasteiger partial charge in [0.2, 0.25) is 0 Å². The van der Waals surface area contributed by atoms with Crippen LogP contribution in [0.2, 0.25) is 5.02 Å². The number of amides is 2. The van der Waals surface area contributed by atoms with Crippen molar-refractivity contribution in [3.63, 3.8) is 0 Å². The number of urea groups is 1. The molecule has 0 bridgehead atoms. The number of hydrazone groups is 1. The number of primary amides is 1. The third-order valence-corrected chi connectivity index (χ3v) is 4.45. The average Bonchev–Trinajstić information content (AvgIpc) is 2.68. The van der Waals surface area contributed by atoms with E-state index in [2.05, 4.69) is 43.4 Å². The minimum Gasteiger partial charge on any atom is -0.493 e. The summed E-state index contributed by atoms with van der Waals surface area (Å²) in [6, 6.07) is 10.7. The molecule has 0 saturated carbocycles. The lowest BCUT2D eigenvalue weighted by Crippen LogP contribution is -2.24. The first-order valence-electron chi connectivity index (χ1n) is 9.53. The summed E-state index contributed by atoms with van der Waals surface area (Å²) >= 11 is 6.31. The van der Waals surface area contributed by atoms with Crippen LogP contribution in [0.25, 0.3) is 0 Å². The summed E-state index contributed by atoms with van der Waals surface area (Å²) in [7, 11) is 1.52. The van der Waals surface area contributed by atoms with Gasteiger partial charge in [-0.2, -0.15) is 5.10 Å². The molecule has 0 heterocycles. The van der Waals surface area contributed by atoms with Gasteiger partial charge in [-0.1, -0.05) is 44.5 Å². The second-order valence-corrected chi connectivity index (χ2v) is 8.00. The van der Waals surface area contributed by atoms with E-state index < -0.39 is 6.03 Å².